The summed E-state index contributed by atoms with van der Waals surface area (Å²) in [6, 6.07) is 8.41. The average Bonchev–Trinajstić information content (AvgIpc) is 2.97. The number of nitrogens with zero attached hydrogens (tertiary/aromatic N) is 3. The van der Waals surface area contributed by atoms with E-state index < -0.39 is 0 Å². The van der Waals surface area contributed by atoms with Gasteiger partial charge in [0.2, 0.25) is 0 Å². The van der Waals surface area contributed by atoms with Gasteiger partial charge in [0, 0.05) is 42.1 Å². The minimum Gasteiger partial charge on any atom is -0.382 e. The molecule has 1 amide bonds. The van der Waals surface area contributed by atoms with Gasteiger partial charge in [-0.15, -0.1) is 0 Å². The number of H-pyrrole nitrogens is 1. The minimum atomic E-state index is -0.125. The number of nitrogen functional groups attached to an aromatic ring is 1. The Morgan fingerprint density at radius 2 is 1.92 bits per heavy atom. The topological polar surface area (TPSA) is 87.9 Å². The third kappa shape index (κ3) is 2.73. The van der Waals surface area contributed by atoms with Crippen molar-refractivity contribution in [3.63, 3.8) is 0 Å². The van der Waals surface area contributed by atoms with Gasteiger partial charge in [-0.2, -0.15) is 0 Å². The number of anilines is 1. The quantitative estimate of drug-likeness (QED) is 0.754. The van der Waals surface area contributed by atoms with Crippen molar-refractivity contribution in [2.24, 2.45) is 0 Å². The maximum Gasteiger partial charge on any atom is 0.276 e. The van der Waals surface area contributed by atoms with Gasteiger partial charge in [0.25, 0.3) is 5.91 Å². The van der Waals surface area contributed by atoms with Gasteiger partial charge in [-0.25, -0.2) is 9.97 Å². The Balaban J connectivity index is 1.53. The normalized spacial score (nSPS) is 15.6. The van der Waals surface area contributed by atoms with E-state index in [1.807, 2.05) is 4.90 Å². The molecular weight excluding hydrogens is 314 g/mol. The number of amides is 1. The van der Waals surface area contributed by atoms with Crippen molar-refractivity contribution in [1.29, 1.82) is 0 Å². The second-order valence-electron chi connectivity index (χ2n) is 6.57. The van der Waals surface area contributed by atoms with E-state index in [-0.39, 0.29) is 17.4 Å². The summed E-state index contributed by atoms with van der Waals surface area (Å²) < 4.78 is 0. The van der Waals surface area contributed by atoms with Crippen molar-refractivity contribution in [3.8, 4) is 0 Å². The van der Waals surface area contributed by atoms with Crippen LogP contribution in [0, 0.1) is 6.92 Å². The molecule has 1 aliphatic rings. The maximum atomic E-state index is 12.6. The molecule has 3 heterocycles. The first-order valence-electron chi connectivity index (χ1n) is 8.58. The number of carbonyl (C=O) groups is 1. The van der Waals surface area contributed by atoms with E-state index in [4.69, 9.17) is 5.73 Å². The minimum absolute atomic E-state index is 0.125. The third-order valence-corrected chi connectivity index (χ3v) is 5.06. The van der Waals surface area contributed by atoms with E-state index in [2.05, 4.69) is 46.1 Å². The highest BCUT2D eigenvalue weighted by Crippen LogP contribution is 2.35. The fourth-order valence-electron chi connectivity index (χ4n) is 3.86. The van der Waals surface area contributed by atoms with Crippen LogP contribution < -0.4 is 5.73 Å². The summed E-state index contributed by atoms with van der Waals surface area (Å²) in [5.41, 5.74) is 9.84. The molecule has 6 heteroatoms. The molecule has 1 fully saturated rings. The van der Waals surface area contributed by atoms with Crippen molar-refractivity contribution in [3.05, 3.63) is 53.6 Å². The lowest BCUT2D eigenvalue weighted by molar-refractivity contribution is 0.0708. The Kier molecular flexibility index (Phi) is 3.87. The summed E-state index contributed by atoms with van der Waals surface area (Å²) in [7, 11) is 0. The largest absolute Gasteiger partial charge is 0.382 e. The molecule has 0 aliphatic carbocycles. The molecule has 0 spiro atoms. The molecule has 1 aliphatic heterocycles. The van der Waals surface area contributed by atoms with Gasteiger partial charge in [-0.05, 0) is 37.3 Å². The zero-order chi connectivity index (χ0) is 17.4. The molecule has 0 saturated carbocycles. The van der Waals surface area contributed by atoms with Crippen molar-refractivity contribution in [2.75, 3.05) is 18.8 Å². The number of para-hydroxylation sites is 1. The van der Waals surface area contributed by atoms with Gasteiger partial charge in [0.05, 0.1) is 0 Å². The van der Waals surface area contributed by atoms with Crippen LogP contribution in [0.1, 0.15) is 40.5 Å². The molecule has 4 rings (SSSR count). The first-order chi connectivity index (χ1) is 12.1. The number of nitrogens with two attached hydrogens (primary N) is 1. The van der Waals surface area contributed by atoms with E-state index >= 15 is 0 Å². The highest BCUT2D eigenvalue weighted by Gasteiger charge is 2.28. The Bertz CT molecular complexity index is 924. The van der Waals surface area contributed by atoms with E-state index in [9.17, 15) is 4.79 Å². The molecule has 128 valence electrons. The number of aromatic amines is 1. The van der Waals surface area contributed by atoms with Gasteiger partial charge in [0.1, 0.15) is 0 Å². The maximum absolute atomic E-state index is 12.6. The Morgan fingerprint density at radius 1 is 1.20 bits per heavy atom. The number of fused-ring (bicyclic) bond motifs is 1. The van der Waals surface area contributed by atoms with Crippen LogP contribution in [0.5, 0.6) is 0 Å². The number of hydrogen-bond donors (Lipinski definition) is 2. The molecule has 0 unspecified atom stereocenters. The van der Waals surface area contributed by atoms with Crippen LogP contribution in [0.2, 0.25) is 0 Å². The standard InChI is InChI=1S/C19H21N5O/c1-12-16(14-4-2-3-5-15(14)23-12)13-6-10-24(11-7-13)19(25)17-18(20)22-9-8-21-17/h2-5,8-9,13,23H,6-7,10-11H2,1H3,(H2,20,22). The van der Waals surface area contributed by atoms with Crippen LogP contribution in [0.4, 0.5) is 5.82 Å². The van der Waals surface area contributed by atoms with Crippen molar-refractivity contribution in [2.45, 2.75) is 25.7 Å². The van der Waals surface area contributed by atoms with Crippen molar-refractivity contribution in [1.82, 2.24) is 19.9 Å². The molecule has 2 aromatic heterocycles. The first-order valence-corrected chi connectivity index (χ1v) is 8.58. The van der Waals surface area contributed by atoms with Gasteiger partial charge in [-0.3, -0.25) is 4.79 Å². The number of nitrogens with one attached hydrogen (secondary N) is 1. The van der Waals surface area contributed by atoms with Gasteiger partial charge >= 0.3 is 0 Å². The molecule has 6 nitrogen and oxygen atoms in total. The van der Waals surface area contributed by atoms with Gasteiger partial charge < -0.3 is 15.6 Å². The molecule has 0 radical (unpaired) electrons. The zero-order valence-corrected chi connectivity index (χ0v) is 14.2. The Hall–Kier alpha value is -2.89. The lowest BCUT2D eigenvalue weighted by Crippen LogP contribution is -2.38. The number of carbonyl (C=O) groups excluding carboxylic acids is 1. The van der Waals surface area contributed by atoms with Crippen molar-refractivity contribution < 1.29 is 4.79 Å². The van der Waals surface area contributed by atoms with E-state index in [1.54, 1.807) is 0 Å². The van der Waals surface area contributed by atoms with Crippen molar-refractivity contribution >= 4 is 22.6 Å². The summed E-state index contributed by atoms with van der Waals surface area (Å²) >= 11 is 0. The smallest absolute Gasteiger partial charge is 0.276 e. The molecule has 1 aromatic carbocycles. The molecule has 3 N–H and O–H groups in total. The Morgan fingerprint density at radius 3 is 2.68 bits per heavy atom. The van der Waals surface area contributed by atoms with Crippen LogP contribution in [0.15, 0.2) is 36.7 Å². The zero-order valence-electron chi connectivity index (χ0n) is 14.2. The lowest BCUT2D eigenvalue weighted by Gasteiger charge is -2.32. The van der Waals surface area contributed by atoms with Crippen LogP contribution in [0.25, 0.3) is 10.9 Å². The number of aryl methyl sites for hydroxylation is 1. The fraction of sp³-hybridized carbons (Fsp3) is 0.316. The molecular formula is C19H21N5O. The van der Waals surface area contributed by atoms with E-state index in [1.165, 1.54) is 34.6 Å². The average molecular weight is 335 g/mol. The number of hydrogen-bond acceptors (Lipinski definition) is 4. The van der Waals surface area contributed by atoms with Crippen LogP contribution >= 0.6 is 0 Å². The number of benzene rings is 1. The van der Waals surface area contributed by atoms with Gasteiger partial charge in [0.15, 0.2) is 11.5 Å². The van der Waals surface area contributed by atoms with Gasteiger partial charge in [-0.1, -0.05) is 18.2 Å². The van der Waals surface area contributed by atoms with Crippen LogP contribution in [-0.2, 0) is 0 Å². The monoisotopic (exact) mass is 335 g/mol. The molecule has 0 atom stereocenters. The van der Waals surface area contributed by atoms with E-state index in [0.717, 1.165) is 12.8 Å². The predicted octanol–water partition coefficient (Wildman–Crippen LogP) is 2.87. The summed E-state index contributed by atoms with van der Waals surface area (Å²) in [5.74, 6) is 0.529. The SMILES string of the molecule is Cc1[nH]c2ccccc2c1C1CCN(C(=O)c2nccnc2N)CC1. The first kappa shape index (κ1) is 15.6. The second kappa shape index (κ2) is 6.20. The molecule has 0 bridgehead atoms. The molecule has 1 saturated heterocycles. The number of rotatable bonds is 2. The molecule has 25 heavy (non-hydrogen) atoms. The van der Waals surface area contributed by atoms with Crippen LogP contribution in [0.3, 0.4) is 0 Å². The fourth-order valence-corrected chi connectivity index (χ4v) is 3.86. The summed E-state index contributed by atoms with van der Waals surface area (Å²) in [5, 5.41) is 1.29. The highest BCUT2D eigenvalue weighted by atomic mass is 16.2. The van der Waals surface area contributed by atoms with Crippen LogP contribution in [-0.4, -0.2) is 38.8 Å². The summed E-state index contributed by atoms with van der Waals surface area (Å²) in [6.45, 7) is 3.55. The van der Waals surface area contributed by atoms with E-state index in [0.29, 0.717) is 19.0 Å². The number of likely N-dealkylation sites (tertiary alicyclic amines) is 1. The Labute approximate surface area is 146 Å². The number of piperidine rings is 1. The highest BCUT2D eigenvalue weighted by molar-refractivity contribution is 5.96. The second-order valence-corrected chi connectivity index (χ2v) is 6.57. The predicted molar refractivity (Wildman–Crippen MR) is 97.4 cm³/mol. The summed E-state index contributed by atoms with van der Waals surface area (Å²) in [4.78, 5) is 26.0. The lowest BCUT2D eigenvalue weighted by atomic mass is 9.87. The number of aromatic nitrogens is 3. The summed E-state index contributed by atoms with van der Waals surface area (Å²) in [6.07, 6.45) is 4.88. The molecule has 3 aromatic rings. The third-order valence-electron chi connectivity index (χ3n) is 5.06.